The zero-order valence-corrected chi connectivity index (χ0v) is 10.2. The van der Waals surface area contributed by atoms with Gasteiger partial charge in [-0.25, -0.2) is 0 Å². The molecular weight excluding hydrogens is 202 g/mol. The van der Waals surface area contributed by atoms with Crippen molar-refractivity contribution in [2.45, 2.75) is 57.9 Å². The summed E-state index contributed by atoms with van der Waals surface area (Å²) in [5, 5.41) is 7.44. The quantitative estimate of drug-likeness (QED) is 0.832. The Kier molecular flexibility index (Phi) is 3.93. The Balaban J connectivity index is 1.91. The number of hydrogen-bond acceptors (Lipinski definition) is 4. The molecule has 0 aliphatic heterocycles. The number of rotatable bonds is 5. The normalized spacial score (nSPS) is 19.1. The molecule has 2 rings (SSSR count). The van der Waals surface area contributed by atoms with Gasteiger partial charge in [-0.3, -0.25) is 0 Å². The average Bonchev–Trinajstić information content (AvgIpc) is 2.86. The zero-order valence-electron chi connectivity index (χ0n) is 10.2. The molecule has 90 valence electrons. The van der Waals surface area contributed by atoms with Gasteiger partial charge in [-0.15, -0.1) is 0 Å². The largest absolute Gasteiger partial charge is 0.339 e. The Morgan fingerprint density at radius 1 is 1.44 bits per heavy atom. The Morgan fingerprint density at radius 2 is 2.19 bits per heavy atom. The van der Waals surface area contributed by atoms with E-state index in [1.54, 1.807) is 0 Å². The maximum absolute atomic E-state index is 5.29. The molecule has 0 amide bonds. The first-order valence-corrected chi connectivity index (χ1v) is 6.35. The fourth-order valence-electron chi connectivity index (χ4n) is 2.38. The minimum atomic E-state index is 0.405. The molecule has 0 spiro atoms. The van der Waals surface area contributed by atoms with Gasteiger partial charge in [-0.05, 0) is 26.3 Å². The molecule has 1 aliphatic carbocycles. The fraction of sp³-hybridized carbons (Fsp3) is 0.833. The predicted octanol–water partition coefficient (Wildman–Crippen LogP) is 2.27. The molecule has 1 N–H and O–H groups in total. The molecule has 1 aromatic rings. The van der Waals surface area contributed by atoms with Gasteiger partial charge in [0, 0.05) is 18.4 Å². The molecule has 4 nitrogen and oxygen atoms in total. The van der Waals surface area contributed by atoms with E-state index in [1.165, 1.54) is 25.7 Å². The number of aromatic nitrogens is 2. The van der Waals surface area contributed by atoms with Crippen LogP contribution < -0.4 is 5.32 Å². The van der Waals surface area contributed by atoms with E-state index in [4.69, 9.17) is 4.52 Å². The van der Waals surface area contributed by atoms with E-state index in [2.05, 4.69) is 29.3 Å². The van der Waals surface area contributed by atoms with Gasteiger partial charge >= 0.3 is 0 Å². The molecule has 1 heterocycles. The second-order valence-electron chi connectivity index (χ2n) is 4.69. The van der Waals surface area contributed by atoms with Crippen molar-refractivity contribution in [3.8, 4) is 0 Å². The summed E-state index contributed by atoms with van der Waals surface area (Å²) in [6.07, 6.45) is 5.89. The van der Waals surface area contributed by atoms with Gasteiger partial charge in [0.2, 0.25) is 5.89 Å². The lowest BCUT2D eigenvalue weighted by molar-refractivity contribution is 0.356. The smallest absolute Gasteiger partial charge is 0.228 e. The van der Waals surface area contributed by atoms with E-state index in [1.807, 2.05) is 0 Å². The molecule has 4 heteroatoms. The first-order chi connectivity index (χ1) is 7.79. The average molecular weight is 223 g/mol. The Bertz CT molecular complexity index is 318. The second-order valence-corrected chi connectivity index (χ2v) is 4.69. The van der Waals surface area contributed by atoms with Gasteiger partial charge in [-0.2, -0.15) is 4.98 Å². The molecule has 0 bridgehead atoms. The molecule has 1 aliphatic rings. The summed E-state index contributed by atoms with van der Waals surface area (Å²) in [5.41, 5.74) is 0. The van der Waals surface area contributed by atoms with Crippen LogP contribution in [0, 0.1) is 0 Å². The number of likely N-dealkylation sites (N-methyl/N-ethyl adjacent to an activating group) is 1. The summed E-state index contributed by atoms with van der Waals surface area (Å²) in [4.78, 5) is 4.50. The van der Waals surface area contributed by atoms with Gasteiger partial charge < -0.3 is 9.84 Å². The van der Waals surface area contributed by atoms with E-state index in [0.29, 0.717) is 12.0 Å². The highest BCUT2D eigenvalue weighted by atomic mass is 16.5. The van der Waals surface area contributed by atoms with E-state index in [0.717, 1.165) is 24.7 Å². The standard InChI is InChI=1S/C12H21N3O/c1-3-13-9(2)8-11-14-12(15-16-11)10-6-4-5-7-10/h9-10,13H,3-8H2,1-2H3. The number of nitrogens with zero attached hydrogens (tertiary/aromatic N) is 2. The Hall–Kier alpha value is -0.900. The molecule has 1 fully saturated rings. The summed E-state index contributed by atoms with van der Waals surface area (Å²) < 4.78 is 5.29. The minimum absolute atomic E-state index is 0.405. The van der Waals surface area contributed by atoms with Crippen LogP contribution in [0.25, 0.3) is 0 Å². The van der Waals surface area contributed by atoms with Crippen molar-refractivity contribution in [3.05, 3.63) is 11.7 Å². The Labute approximate surface area is 96.8 Å². The maximum atomic E-state index is 5.29. The molecule has 1 unspecified atom stereocenters. The third kappa shape index (κ3) is 2.82. The zero-order chi connectivity index (χ0) is 11.4. The minimum Gasteiger partial charge on any atom is -0.339 e. The molecule has 0 saturated heterocycles. The van der Waals surface area contributed by atoms with Gasteiger partial charge in [-0.1, -0.05) is 24.9 Å². The van der Waals surface area contributed by atoms with Crippen LogP contribution in [-0.4, -0.2) is 22.7 Å². The highest BCUT2D eigenvalue weighted by molar-refractivity contribution is 4.98. The van der Waals surface area contributed by atoms with Crippen molar-refractivity contribution in [1.82, 2.24) is 15.5 Å². The second kappa shape index (κ2) is 5.43. The molecular formula is C12H21N3O. The number of nitrogens with one attached hydrogen (secondary N) is 1. The van der Waals surface area contributed by atoms with Crippen molar-refractivity contribution in [2.24, 2.45) is 0 Å². The van der Waals surface area contributed by atoms with E-state index < -0.39 is 0 Å². The van der Waals surface area contributed by atoms with E-state index in [-0.39, 0.29) is 0 Å². The summed E-state index contributed by atoms with van der Waals surface area (Å²) in [5.74, 6) is 2.25. The molecule has 0 aromatic carbocycles. The molecule has 1 saturated carbocycles. The third-order valence-electron chi connectivity index (χ3n) is 3.24. The summed E-state index contributed by atoms with van der Waals surface area (Å²) in [6.45, 7) is 5.22. The van der Waals surface area contributed by atoms with Crippen LogP contribution in [0.1, 0.15) is 57.2 Å². The molecule has 16 heavy (non-hydrogen) atoms. The van der Waals surface area contributed by atoms with Gasteiger partial charge in [0.25, 0.3) is 0 Å². The molecule has 0 radical (unpaired) electrons. The topological polar surface area (TPSA) is 51.0 Å². The van der Waals surface area contributed by atoms with Crippen LogP contribution in [0.15, 0.2) is 4.52 Å². The van der Waals surface area contributed by atoms with Crippen LogP contribution in [0.3, 0.4) is 0 Å². The Morgan fingerprint density at radius 3 is 2.88 bits per heavy atom. The van der Waals surface area contributed by atoms with Gasteiger partial charge in [0.1, 0.15) is 0 Å². The highest BCUT2D eigenvalue weighted by Gasteiger charge is 2.22. The van der Waals surface area contributed by atoms with E-state index >= 15 is 0 Å². The highest BCUT2D eigenvalue weighted by Crippen LogP contribution is 2.32. The first kappa shape index (κ1) is 11.6. The van der Waals surface area contributed by atoms with Crippen molar-refractivity contribution in [2.75, 3.05) is 6.54 Å². The summed E-state index contributed by atoms with van der Waals surface area (Å²) >= 11 is 0. The van der Waals surface area contributed by atoms with Gasteiger partial charge in [0.05, 0.1) is 0 Å². The SMILES string of the molecule is CCNC(C)Cc1nc(C2CCCC2)no1. The fourth-order valence-corrected chi connectivity index (χ4v) is 2.38. The van der Waals surface area contributed by atoms with Crippen LogP contribution in [0.2, 0.25) is 0 Å². The van der Waals surface area contributed by atoms with Crippen LogP contribution in [0.4, 0.5) is 0 Å². The van der Waals surface area contributed by atoms with Crippen molar-refractivity contribution in [3.63, 3.8) is 0 Å². The van der Waals surface area contributed by atoms with E-state index in [9.17, 15) is 0 Å². The molecule has 1 aromatic heterocycles. The summed E-state index contributed by atoms with van der Waals surface area (Å²) in [6, 6.07) is 0.405. The van der Waals surface area contributed by atoms with Crippen LogP contribution in [0.5, 0.6) is 0 Å². The first-order valence-electron chi connectivity index (χ1n) is 6.35. The lowest BCUT2D eigenvalue weighted by Gasteiger charge is -2.08. The third-order valence-corrected chi connectivity index (χ3v) is 3.24. The number of hydrogen-bond donors (Lipinski definition) is 1. The van der Waals surface area contributed by atoms with Gasteiger partial charge in [0.15, 0.2) is 5.82 Å². The van der Waals surface area contributed by atoms with Crippen molar-refractivity contribution >= 4 is 0 Å². The summed E-state index contributed by atoms with van der Waals surface area (Å²) in [7, 11) is 0. The molecule has 1 atom stereocenters. The monoisotopic (exact) mass is 223 g/mol. The van der Waals surface area contributed by atoms with Crippen LogP contribution >= 0.6 is 0 Å². The predicted molar refractivity (Wildman–Crippen MR) is 62.3 cm³/mol. The van der Waals surface area contributed by atoms with Crippen LogP contribution in [-0.2, 0) is 6.42 Å². The lowest BCUT2D eigenvalue weighted by atomic mass is 10.1. The van der Waals surface area contributed by atoms with Crippen molar-refractivity contribution < 1.29 is 4.52 Å². The lowest BCUT2D eigenvalue weighted by Crippen LogP contribution is -2.27. The van der Waals surface area contributed by atoms with Crippen molar-refractivity contribution in [1.29, 1.82) is 0 Å². The maximum Gasteiger partial charge on any atom is 0.228 e.